The predicted molar refractivity (Wildman–Crippen MR) is 110 cm³/mol. The first-order valence-electron chi connectivity index (χ1n) is 9.31. The largest absolute Gasteiger partial charge is 0.496 e. The number of hydrogen-bond donors (Lipinski definition) is 2. The Morgan fingerprint density at radius 1 is 1.18 bits per heavy atom. The third kappa shape index (κ3) is 4.07. The first-order valence-corrected chi connectivity index (χ1v) is 9.31. The van der Waals surface area contributed by atoms with E-state index in [1.54, 1.807) is 25.3 Å². The molecule has 28 heavy (non-hydrogen) atoms. The first-order chi connectivity index (χ1) is 13.6. The van der Waals surface area contributed by atoms with E-state index in [9.17, 15) is 9.59 Å². The van der Waals surface area contributed by atoms with Gasteiger partial charge in [0.2, 0.25) is 0 Å². The SMILES string of the molecule is CCCc1c(OC)ccc2cc(C(=O)Nc3cccc(CCN)c3)c(=O)oc12. The van der Waals surface area contributed by atoms with E-state index in [2.05, 4.69) is 5.32 Å². The molecule has 3 N–H and O–H groups in total. The van der Waals surface area contributed by atoms with Crippen LogP contribution in [0.3, 0.4) is 0 Å². The van der Waals surface area contributed by atoms with Crippen molar-refractivity contribution in [1.82, 2.24) is 0 Å². The van der Waals surface area contributed by atoms with Crippen molar-refractivity contribution in [1.29, 1.82) is 0 Å². The molecular formula is C22H24N2O4. The van der Waals surface area contributed by atoms with Gasteiger partial charge in [-0.15, -0.1) is 0 Å². The number of methoxy groups -OCH3 is 1. The number of rotatable bonds is 7. The lowest BCUT2D eigenvalue weighted by molar-refractivity contribution is 0.102. The van der Waals surface area contributed by atoms with Gasteiger partial charge in [-0.25, -0.2) is 4.79 Å². The Hall–Kier alpha value is -3.12. The molecule has 0 spiro atoms. The van der Waals surface area contributed by atoms with E-state index >= 15 is 0 Å². The number of nitrogens with two attached hydrogens (primary N) is 1. The second-order valence-electron chi connectivity index (χ2n) is 6.56. The third-order valence-electron chi connectivity index (χ3n) is 4.54. The molecule has 0 unspecified atom stereocenters. The van der Waals surface area contributed by atoms with Crippen LogP contribution in [0, 0.1) is 0 Å². The summed E-state index contributed by atoms with van der Waals surface area (Å²) >= 11 is 0. The van der Waals surface area contributed by atoms with Gasteiger partial charge in [-0.1, -0.05) is 25.5 Å². The summed E-state index contributed by atoms with van der Waals surface area (Å²) in [4.78, 5) is 25.2. The summed E-state index contributed by atoms with van der Waals surface area (Å²) in [6.45, 7) is 2.56. The third-order valence-corrected chi connectivity index (χ3v) is 4.54. The molecule has 6 nitrogen and oxygen atoms in total. The molecular weight excluding hydrogens is 356 g/mol. The van der Waals surface area contributed by atoms with Crippen molar-refractivity contribution in [2.75, 3.05) is 19.0 Å². The minimum Gasteiger partial charge on any atom is -0.496 e. The summed E-state index contributed by atoms with van der Waals surface area (Å²) in [6, 6.07) is 12.6. The highest BCUT2D eigenvalue weighted by Gasteiger charge is 2.17. The van der Waals surface area contributed by atoms with E-state index in [1.807, 2.05) is 31.2 Å². The van der Waals surface area contributed by atoms with Gasteiger partial charge in [0, 0.05) is 16.6 Å². The molecule has 1 heterocycles. The van der Waals surface area contributed by atoms with E-state index in [1.165, 1.54) is 0 Å². The Bertz CT molecular complexity index is 1060. The van der Waals surface area contributed by atoms with E-state index in [-0.39, 0.29) is 5.56 Å². The highest BCUT2D eigenvalue weighted by molar-refractivity contribution is 6.05. The minimum absolute atomic E-state index is 0.0376. The maximum atomic E-state index is 12.7. The smallest absolute Gasteiger partial charge is 0.349 e. The lowest BCUT2D eigenvalue weighted by atomic mass is 10.0. The molecule has 1 amide bonds. The molecule has 0 bridgehead atoms. The molecule has 0 radical (unpaired) electrons. The van der Waals surface area contributed by atoms with Crippen molar-refractivity contribution in [2.24, 2.45) is 5.73 Å². The molecule has 0 aliphatic rings. The summed E-state index contributed by atoms with van der Waals surface area (Å²) in [5, 5.41) is 3.45. The van der Waals surface area contributed by atoms with Crippen LogP contribution in [0.5, 0.6) is 5.75 Å². The van der Waals surface area contributed by atoms with Crippen molar-refractivity contribution >= 4 is 22.6 Å². The topological polar surface area (TPSA) is 94.6 Å². The Morgan fingerprint density at radius 2 is 2.00 bits per heavy atom. The average Bonchev–Trinajstić information content (AvgIpc) is 2.68. The number of ether oxygens (including phenoxy) is 1. The fraction of sp³-hybridized carbons (Fsp3) is 0.273. The maximum Gasteiger partial charge on any atom is 0.349 e. The highest BCUT2D eigenvalue weighted by Crippen LogP contribution is 2.29. The number of amides is 1. The van der Waals surface area contributed by atoms with Gasteiger partial charge in [0.05, 0.1) is 7.11 Å². The maximum absolute atomic E-state index is 12.7. The number of aryl methyl sites for hydroxylation is 1. The lowest BCUT2D eigenvalue weighted by Crippen LogP contribution is -2.21. The van der Waals surface area contributed by atoms with Crippen molar-refractivity contribution in [2.45, 2.75) is 26.2 Å². The summed E-state index contributed by atoms with van der Waals surface area (Å²) in [6.07, 6.45) is 2.30. The van der Waals surface area contributed by atoms with Crippen molar-refractivity contribution < 1.29 is 13.9 Å². The lowest BCUT2D eigenvalue weighted by Gasteiger charge is -2.11. The predicted octanol–water partition coefficient (Wildman–Crippen LogP) is 3.51. The number of anilines is 1. The van der Waals surface area contributed by atoms with E-state index < -0.39 is 11.5 Å². The van der Waals surface area contributed by atoms with Crippen LogP contribution in [-0.2, 0) is 12.8 Å². The quantitative estimate of drug-likeness (QED) is 0.612. The molecule has 0 saturated carbocycles. The summed E-state index contributed by atoms with van der Waals surface area (Å²) in [5.41, 5.74) is 7.79. The number of benzene rings is 2. The fourth-order valence-electron chi connectivity index (χ4n) is 3.23. The van der Waals surface area contributed by atoms with Crippen molar-refractivity contribution in [3.63, 3.8) is 0 Å². The van der Waals surface area contributed by atoms with Crippen LogP contribution in [-0.4, -0.2) is 19.6 Å². The van der Waals surface area contributed by atoms with E-state index in [0.29, 0.717) is 41.8 Å². The fourth-order valence-corrected chi connectivity index (χ4v) is 3.23. The van der Waals surface area contributed by atoms with Crippen LogP contribution >= 0.6 is 0 Å². The van der Waals surface area contributed by atoms with Gasteiger partial charge in [0.15, 0.2) is 0 Å². The molecule has 0 fully saturated rings. The molecule has 6 heteroatoms. The highest BCUT2D eigenvalue weighted by atomic mass is 16.5. The summed E-state index contributed by atoms with van der Waals surface area (Å²) in [7, 11) is 1.58. The number of carbonyl (C=O) groups excluding carboxylic acids is 1. The Morgan fingerprint density at radius 3 is 2.71 bits per heavy atom. The molecule has 0 aliphatic heterocycles. The van der Waals surface area contributed by atoms with Crippen LogP contribution in [0.4, 0.5) is 5.69 Å². The van der Waals surface area contributed by atoms with E-state index in [0.717, 1.165) is 17.5 Å². The van der Waals surface area contributed by atoms with Crippen molar-refractivity contribution in [3.8, 4) is 5.75 Å². The number of fused-ring (bicyclic) bond motifs is 1. The standard InChI is InChI=1S/C22H24N2O4/c1-3-5-17-19(27-2)9-8-15-13-18(22(26)28-20(15)17)21(25)24-16-7-4-6-14(12-16)10-11-23/h4,6-9,12-13H,3,5,10-11,23H2,1-2H3,(H,24,25). The molecule has 3 rings (SSSR count). The Kier molecular flexibility index (Phi) is 6.11. The molecule has 3 aromatic rings. The van der Waals surface area contributed by atoms with Crippen LogP contribution in [0.25, 0.3) is 11.0 Å². The average molecular weight is 380 g/mol. The summed E-state index contributed by atoms with van der Waals surface area (Å²) in [5.74, 6) is 0.167. The van der Waals surface area contributed by atoms with Gasteiger partial charge >= 0.3 is 5.63 Å². The van der Waals surface area contributed by atoms with Crippen LogP contribution in [0.1, 0.15) is 34.8 Å². The zero-order valence-corrected chi connectivity index (χ0v) is 16.1. The minimum atomic E-state index is -0.672. The van der Waals surface area contributed by atoms with Gasteiger partial charge in [-0.3, -0.25) is 4.79 Å². The van der Waals surface area contributed by atoms with Crippen LogP contribution in [0.2, 0.25) is 0 Å². The molecule has 1 aromatic heterocycles. The van der Waals surface area contributed by atoms with Gasteiger partial charge in [0.25, 0.3) is 5.91 Å². The normalized spacial score (nSPS) is 10.8. The van der Waals surface area contributed by atoms with Crippen LogP contribution in [0.15, 0.2) is 51.7 Å². The molecule has 146 valence electrons. The summed E-state index contributed by atoms with van der Waals surface area (Å²) < 4.78 is 10.9. The van der Waals surface area contributed by atoms with Crippen LogP contribution < -0.4 is 21.4 Å². The Balaban J connectivity index is 1.97. The first kappa shape index (κ1) is 19.6. The number of hydrogen-bond acceptors (Lipinski definition) is 5. The number of carbonyl (C=O) groups is 1. The molecule has 0 saturated heterocycles. The van der Waals surface area contributed by atoms with Crippen molar-refractivity contribution in [3.05, 3.63) is 69.6 Å². The van der Waals surface area contributed by atoms with Gasteiger partial charge < -0.3 is 20.2 Å². The Labute approximate surface area is 163 Å². The van der Waals surface area contributed by atoms with Gasteiger partial charge in [-0.2, -0.15) is 0 Å². The second-order valence-corrected chi connectivity index (χ2v) is 6.56. The van der Waals surface area contributed by atoms with Gasteiger partial charge in [-0.05, 0) is 55.3 Å². The van der Waals surface area contributed by atoms with Gasteiger partial charge in [0.1, 0.15) is 16.9 Å². The second kappa shape index (κ2) is 8.71. The molecule has 2 aromatic carbocycles. The molecule has 0 atom stereocenters. The molecule has 0 aliphatic carbocycles. The number of nitrogens with one attached hydrogen (secondary N) is 1. The zero-order valence-electron chi connectivity index (χ0n) is 16.1. The zero-order chi connectivity index (χ0) is 20.1. The van der Waals surface area contributed by atoms with E-state index in [4.69, 9.17) is 14.9 Å². The monoisotopic (exact) mass is 380 g/mol.